The van der Waals surface area contributed by atoms with E-state index >= 15 is 0 Å². The fraction of sp³-hybridized carbons (Fsp3) is 0.583. The molecular weight excluding hydrogens is 298 g/mol. The molecule has 0 radical (unpaired) electrons. The first-order valence-electron chi connectivity index (χ1n) is 6.55. The predicted octanol–water partition coefficient (Wildman–Crippen LogP) is -2.83. The summed E-state index contributed by atoms with van der Waals surface area (Å²) in [5.74, 6) is -0.795. The van der Waals surface area contributed by atoms with Crippen LogP contribution in [-0.4, -0.2) is 66.9 Å². The van der Waals surface area contributed by atoms with Crippen LogP contribution in [0.3, 0.4) is 0 Å². The highest BCUT2D eigenvalue weighted by molar-refractivity contribution is 5.92. The number of anilines is 1. The summed E-state index contributed by atoms with van der Waals surface area (Å²) in [6.45, 7) is 0.745. The molecule has 1 amide bonds. The predicted molar refractivity (Wildman–Crippen MR) is 71.8 cm³/mol. The SMILES string of the molecule is C[C@H](O)C(=O)Nc1ccn([C@@H]2O[C@H](CO)[C@@H](O)[C@H]2O)c(=O)n1. The first-order chi connectivity index (χ1) is 10.3. The van der Waals surface area contributed by atoms with Crippen molar-refractivity contribution in [3.05, 3.63) is 22.7 Å². The van der Waals surface area contributed by atoms with Crippen molar-refractivity contribution in [3.63, 3.8) is 0 Å². The number of carbonyl (C=O) groups is 1. The second kappa shape index (κ2) is 6.50. The number of rotatable bonds is 4. The zero-order valence-electron chi connectivity index (χ0n) is 11.7. The van der Waals surface area contributed by atoms with E-state index in [9.17, 15) is 19.8 Å². The van der Waals surface area contributed by atoms with Gasteiger partial charge in [0.05, 0.1) is 6.61 Å². The van der Waals surface area contributed by atoms with Gasteiger partial charge < -0.3 is 30.5 Å². The molecule has 0 spiro atoms. The summed E-state index contributed by atoms with van der Waals surface area (Å²) < 4.78 is 6.14. The normalized spacial score (nSPS) is 29.3. The van der Waals surface area contributed by atoms with Gasteiger partial charge in [0.1, 0.15) is 30.2 Å². The monoisotopic (exact) mass is 315 g/mol. The van der Waals surface area contributed by atoms with Gasteiger partial charge in [-0.2, -0.15) is 4.98 Å². The van der Waals surface area contributed by atoms with Crippen LogP contribution in [0.15, 0.2) is 17.1 Å². The maximum absolute atomic E-state index is 11.9. The van der Waals surface area contributed by atoms with E-state index in [2.05, 4.69) is 10.3 Å². The summed E-state index contributed by atoms with van der Waals surface area (Å²) in [6, 6.07) is 1.27. The molecule has 122 valence electrons. The van der Waals surface area contributed by atoms with Crippen LogP contribution in [0.25, 0.3) is 0 Å². The van der Waals surface area contributed by atoms with Crippen LogP contribution >= 0.6 is 0 Å². The molecule has 5 N–H and O–H groups in total. The van der Waals surface area contributed by atoms with E-state index in [1.54, 1.807) is 0 Å². The molecule has 1 aliphatic heterocycles. The van der Waals surface area contributed by atoms with Crippen LogP contribution in [0.5, 0.6) is 0 Å². The minimum Gasteiger partial charge on any atom is -0.394 e. The van der Waals surface area contributed by atoms with Gasteiger partial charge in [0.25, 0.3) is 5.91 Å². The van der Waals surface area contributed by atoms with Gasteiger partial charge in [-0.25, -0.2) is 4.79 Å². The minimum atomic E-state index is -1.41. The van der Waals surface area contributed by atoms with Gasteiger partial charge in [-0.15, -0.1) is 0 Å². The van der Waals surface area contributed by atoms with E-state index in [1.165, 1.54) is 19.2 Å². The Labute approximate surface area is 124 Å². The van der Waals surface area contributed by atoms with Gasteiger partial charge >= 0.3 is 5.69 Å². The highest BCUT2D eigenvalue weighted by Gasteiger charge is 2.43. The average molecular weight is 315 g/mol. The maximum Gasteiger partial charge on any atom is 0.351 e. The number of nitrogens with zero attached hydrogens (tertiary/aromatic N) is 2. The zero-order valence-corrected chi connectivity index (χ0v) is 11.7. The van der Waals surface area contributed by atoms with E-state index in [0.717, 1.165) is 4.57 Å². The number of aliphatic hydroxyl groups excluding tert-OH is 4. The summed E-state index contributed by atoms with van der Waals surface area (Å²) in [6.07, 6.45) is -5.00. The lowest BCUT2D eigenvalue weighted by atomic mass is 10.1. The lowest BCUT2D eigenvalue weighted by molar-refractivity contribution is -0.123. The molecule has 1 aromatic rings. The third-order valence-corrected chi connectivity index (χ3v) is 3.25. The summed E-state index contributed by atoms with van der Waals surface area (Å²) in [7, 11) is 0. The fourth-order valence-corrected chi connectivity index (χ4v) is 2.02. The molecule has 2 heterocycles. The molecule has 0 saturated carbocycles. The number of hydrogen-bond acceptors (Lipinski definition) is 8. The van der Waals surface area contributed by atoms with E-state index in [-0.39, 0.29) is 5.82 Å². The topological polar surface area (TPSA) is 154 Å². The van der Waals surface area contributed by atoms with Gasteiger partial charge in [0.15, 0.2) is 6.23 Å². The van der Waals surface area contributed by atoms with Crippen molar-refractivity contribution in [1.82, 2.24) is 9.55 Å². The molecule has 0 aromatic carbocycles. The van der Waals surface area contributed by atoms with Crippen LogP contribution in [0.2, 0.25) is 0 Å². The number of ether oxygens (including phenoxy) is 1. The molecule has 22 heavy (non-hydrogen) atoms. The third kappa shape index (κ3) is 3.15. The molecular formula is C12H17N3O7. The Hall–Kier alpha value is -1.85. The Kier molecular flexibility index (Phi) is 4.88. The Morgan fingerprint density at radius 2 is 2.18 bits per heavy atom. The number of aliphatic hydroxyl groups is 4. The van der Waals surface area contributed by atoms with Gasteiger partial charge in [-0.1, -0.05) is 0 Å². The number of hydrogen-bond donors (Lipinski definition) is 5. The standard InChI is InChI=1S/C12H17N3O7/c1-5(17)10(20)13-7-2-3-15(12(21)14-7)11-9(19)8(18)6(4-16)22-11/h2-3,5-6,8-9,11,16-19H,4H2,1H3,(H,13,14,20,21)/t5-,6+,8+,9+,11+/m0/s1. The van der Waals surface area contributed by atoms with Crippen molar-refractivity contribution in [3.8, 4) is 0 Å². The van der Waals surface area contributed by atoms with Gasteiger partial charge in [0, 0.05) is 6.20 Å². The maximum atomic E-state index is 11.9. The molecule has 1 fully saturated rings. The average Bonchev–Trinajstić information content (AvgIpc) is 2.75. The van der Waals surface area contributed by atoms with Crippen molar-refractivity contribution < 1.29 is 30.0 Å². The van der Waals surface area contributed by atoms with E-state index in [4.69, 9.17) is 14.9 Å². The number of amides is 1. The Morgan fingerprint density at radius 3 is 2.68 bits per heavy atom. The molecule has 1 aliphatic rings. The van der Waals surface area contributed by atoms with Crippen molar-refractivity contribution in [1.29, 1.82) is 0 Å². The van der Waals surface area contributed by atoms with Crippen LogP contribution < -0.4 is 11.0 Å². The molecule has 0 unspecified atom stereocenters. The van der Waals surface area contributed by atoms with Crippen LogP contribution in [-0.2, 0) is 9.53 Å². The molecule has 5 atom stereocenters. The number of carbonyl (C=O) groups excluding carboxylic acids is 1. The first kappa shape index (κ1) is 16.5. The number of aromatic nitrogens is 2. The second-order valence-electron chi connectivity index (χ2n) is 4.90. The summed E-state index contributed by atoms with van der Waals surface area (Å²) >= 11 is 0. The Balaban J connectivity index is 2.20. The van der Waals surface area contributed by atoms with Crippen molar-refractivity contribution >= 4 is 11.7 Å². The molecule has 2 rings (SSSR count). The van der Waals surface area contributed by atoms with E-state index < -0.39 is 48.8 Å². The first-order valence-corrected chi connectivity index (χ1v) is 6.55. The summed E-state index contributed by atoms with van der Waals surface area (Å²) in [4.78, 5) is 26.8. The van der Waals surface area contributed by atoms with Crippen molar-refractivity contribution in [2.24, 2.45) is 0 Å². The largest absolute Gasteiger partial charge is 0.394 e. The van der Waals surface area contributed by atoms with Crippen LogP contribution in [0.4, 0.5) is 5.82 Å². The smallest absolute Gasteiger partial charge is 0.351 e. The van der Waals surface area contributed by atoms with Crippen molar-refractivity contribution in [2.45, 2.75) is 37.6 Å². The quantitative estimate of drug-likeness (QED) is 0.398. The molecule has 10 nitrogen and oxygen atoms in total. The van der Waals surface area contributed by atoms with Crippen molar-refractivity contribution in [2.75, 3.05) is 11.9 Å². The zero-order chi connectivity index (χ0) is 16.4. The van der Waals surface area contributed by atoms with Gasteiger partial charge in [-0.3, -0.25) is 9.36 Å². The Morgan fingerprint density at radius 1 is 1.50 bits per heavy atom. The van der Waals surface area contributed by atoms with E-state index in [1.807, 2.05) is 0 Å². The molecule has 1 saturated heterocycles. The molecule has 0 bridgehead atoms. The second-order valence-corrected chi connectivity index (χ2v) is 4.90. The van der Waals surface area contributed by atoms with Gasteiger partial charge in [0.2, 0.25) is 0 Å². The van der Waals surface area contributed by atoms with E-state index in [0.29, 0.717) is 0 Å². The third-order valence-electron chi connectivity index (χ3n) is 3.25. The molecule has 10 heteroatoms. The fourth-order valence-electron chi connectivity index (χ4n) is 2.02. The van der Waals surface area contributed by atoms with Gasteiger partial charge in [-0.05, 0) is 13.0 Å². The van der Waals surface area contributed by atoms with Crippen LogP contribution in [0, 0.1) is 0 Å². The summed E-state index contributed by atoms with van der Waals surface area (Å²) in [5.41, 5.74) is -0.835. The van der Waals surface area contributed by atoms with Crippen LogP contribution in [0.1, 0.15) is 13.2 Å². The number of nitrogens with one attached hydrogen (secondary N) is 1. The molecule has 0 aliphatic carbocycles. The summed E-state index contributed by atoms with van der Waals surface area (Å²) in [5, 5.41) is 39.8. The molecule has 1 aromatic heterocycles. The lowest BCUT2D eigenvalue weighted by Crippen LogP contribution is -2.36. The highest BCUT2D eigenvalue weighted by atomic mass is 16.6. The Bertz CT molecular complexity index is 603. The highest BCUT2D eigenvalue weighted by Crippen LogP contribution is 2.28. The lowest BCUT2D eigenvalue weighted by Gasteiger charge is -2.17. The minimum absolute atomic E-state index is 0.0705.